The van der Waals surface area contributed by atoms with Gasteiger partial charge in [0.2, 0.25) is 0 Å². The number of hydrogen-bond acceptors (Lipinski definition) is 2. The summed E-state index contributed by atoms with van der Waals surface area (Å²) in [6, 6.07) is 0. The Hall–Kier alpha value is -0.250. The van der Waals surface area contributed by atoms with Gasteiger partial charge in [-0.15, -0.1) is 11.8 Å². The minimum atomic E-state index is -0.719. The highest BCUT2D eigenvalue weighted by Gasteiger charge is 2.16. The standard InChI is InChI=1S/C12H23FO2S/c1-3-7-11(12(14)15)16-9-6-5-8-10(13)4-2/h10-11H,3-9H2,1-2H3,(H,14,15). The van der Waals surface area contributed by atoms with Crippen molar-refractivity contribution in [3.8, 4) is 0 Å². The van der Waals surface area contributed by atoms with Crippen LogP contribution >= 0.6 is 11.8 Å². The van der Waals surface area contributed by atoms with E-state index in [0.717, 1.165) is 31.4 Å². The molecule has 0 aliphatic carbocycles. The number of carboxylic acids is 1. The third-order valence-electron chi connectivity index (χ3n) is 2.50. The van der Waals surface area contributed by atoms with Gasteiger partial charge in [0.15, 0.2) is 0 Å². The molecule has 2 nitrogen and oxygen atoms in total. The third-order valence-corrected chi connectivity index (χ3v) is 3.86. The second-order valence-corrected chi connectivity index (χ2v) is 5.30. The predicted octanol–water partition coefficient (Wildman–Crippen LogP) is 3.89. The van der Waals surface area contributed by atoms with E-state index >= 15 is 0 Å². The van der Waals surface area contributed by atoms with Gasteiger partial charge < -0.3 is 5.11 Å². The van der Waals surface area contributed by atoms with Crippen LogP contribution < -0.4 is 0 Å². The second-order valence-electron chi connectivity index (χ2n) is 3.99. The summed E-state index contributed by atoms with van der Waals surface area (Å²) in [6.07, 6.45) is 3.91. The van der Waals surface area contributed by atoms with Gasteiger partial charge in [0.05, 0.1) is 6.17 Å². The monoisotopic (exact) mass is 250 g/mol. The fraction of sp³-hybridized carbons (Fsp3) is 0.917. The maximum Gasteiger partial charge on any atom is 0.316 e. The van der Waals surface area contributed by atoms with Gasteiger partial charge in [-0.1, -0.05) is 20.3 Å². The fourth-order valence-electron chi connectivity index (χ4n) is 1.44. The van der Waals surface area contributed by atoms with Gasteiger partial charge in [-0.05, 0) is 37.9 Å². The smallest absolute Gasteiger partial charge is 0.316 e. The summed E-state index contributed by atoms with van der Waals surface area (Å²) in [7, 11) is 0. The molecule has 0 aromatic carbocycles. The molecular weight excluding hydrogens is 227 g/mol. The van der Waals surface area contributed by atoms with Crippen LogP contribution in [-0.2, 0) is 4.79 Å². The van der Waals surface area contributed by atoms with E-state index in [1.54, 1.807) is 0 Å². The molecule has 0 aliphatic rings. The molecule has 0 aromatic heterocycles. The molecule has 0 fully saturated rings. The predicted molar refractivity (Wildman–Crippen MR) is 67.8 cm³/mol. The zero-order valence-corrected chi connectivity index (χ0v) is 11.1. The molecule has 0 rings (SSSR count). The Kier molecular flexibility index (Phi) is 9.78. The van der Waals surface area contributed by atoms with Crippen molar-refractivity contribution in [1.29, 1.82) is 0 Å². The molecule has 0 bridgehead atoms. The second kappa shape index (κ2) is 9.94. The normalized spacial score (nSPS) is 14.7. The summed E-state index contributed by atoms with van der Waals surface area (Å²) >= 11 is 1.49. The van der Waals surface area contributed by atoms with E-state index < -0.39 is 12.1 Å². The summed E-state index contributed by atoms with van der Waals surface area (Å²) in [5.74, 6) is 0.108. The van der Waals surface area contributed by atoms with Crippen LogP contribution in [0.25, 0.3) is 0 Å². The number of carboxylic acid groups (broad SMARTS) is 1. The van der Waals surface area contributed by atoms with Crippen molar-refractivity contribution in [3.05, 3.63) is 0 Å². The van der Waals surface area contributed by atoms with Crippen LogP contribution in [0.1, 0.15) is 52.4 Å². The Morgan fingerprint density at radius 3 is 2.50 bits per heavy atom. The minimum Gasteiger partial charge on any atom is -0.480 e. The van der Waals surface area contributed by atoms with Crippen molar-refractivity contribution < 1.29 is 14.3 Å². The molecule has 1 N–H and O–H groups in total. The first-order chi connectivity index (χ1) is 7.61. The Bertz CT molecular complexity index is 188. The lowest BCUT2D eigenvalue weighted by molar-refractivity contribution is -0.136. The van der Waals surface area contributed by atoms with E-state index in [-0.39, 0.29) is 5.25 Å². The third kappa shape index (κ3) is 7.97. The lowest BCUT2D eigenvalue weighted by Crippen LogP contribution is -2.16. The number of aliphatic carboxylic acids is 1. The molecule has 96 valence electrons. The molecular formula is C12H23FO2S. The Balaban J connectivity index is 3.51. The van der Waals surface area contributed by atoms with E-state index in [2.05, 4.69) is 0 Å². The molecule has 0 spiro atoms. The highest BCUT2D eigenvalue weighted by Crippen LogP contribution is 2.19. The number of thioether (sulfide) groups is 1. The molecule has 0 saturated carbocycles. The highest BCUT2D eigenvalue weighted by molar-refractivity contribution is 8.00. The molecule has 0 amide bonds. The van der Waals surface area contributed by atoms with Gasteiger partial charge in [0.1, 0.15) is 5.25 Å². The summed E-state index contributed by atoms with van der Waals surface area (Å²) in [4.78, 5) is 10.8. The maximum absolute atomic E-state index is 12.9. The van der Waals surface area contributed by atoms with Crippen molar-refractivity contribution >= 4 is 17.7 Å². The van der Waals surface area contributed by atoms with Gasteiger partial charge in [0.25, 0.3) is 0 Å². The molecule has 16 heavy (non-hydrogen) atoms. The van der Waals surface area contributed by atoms with Gasteiger partial charge in [-0.3, -0.25) is 4.79 Å². The zero-order chi connectivity index (χ0) is 12.4. The largest absolute Gasteiger partial charge is 0.480 e. The van der Waals surface area contributed by atoms with Crippen LogP contribution in [0, 0.1) is 0 Å². The average molecular weight is 250 g/mol. The molecule has 0 aromatic rings. The topological polar surface area (TPSA) is 37.3 Å². The van der Waals surface area contributed by atoms with Crippen molar-refractivity contribution in [2.75, 3.05) is 5.75 Å². The lowest BCUT2D eigenvalue weighted by atomic mass is 10.1. The quantitative estimate of drug-likeness (QED) is 0.598. The van der Waals surface area contributed by atoms with Gasteiger partial charge in [0, 0.05) is 0 Å². The van der Waals surface area contributed by atoms with Crippen LogP contribution in [0.2, 0.25) is 0 Å². The first-order valence-electron chi connectivity index (χ1n) is 6.10. The Morgan fingerprint density at radius 1 is 1.31 bits per heavy atom. The maximum atomic E-state index is 12.9. The molecule has 0 aliphatic heterocycles. The molecule has 0 radical (unpaired) electrons. The molecule has 0 heterocycles. The number of halogens is 1. The van der Waals surface area contributed by atoms with Crippen LogP contribution in [-0.4, -0.2) is 28.3 Å². The van der Waals surface area contributed by atoms with E-state index in [1.807, 2.05) is 13.8 Å². The van der Waals surface area contributed by atoms with E-state index in [0.29, 0.717) is 12.8 Å². The summed E-state index contributed by atoms with van der Waals surface area (Å²) in [6.45, 7) is 3.84. The zero-order valence-electron chi connectivity index (χ0n) is 10.2. The minimum absolute atomic E-state index is 0.280. The van der Waals surface area contributed by atoms with Crippen molar-refractivity contribution in [2.45, 2.75) is 63.8 Å². The Morgan fingerprint density at radius 2 is 2.00 bits per heavy atom. The van der Waals surface area contributed by atoms with Crippen molar-refractivity contribution in [2.24, 2.45) is 0 Å². The van der Waals surface area contributed by atoms with Crippen LogP contribution in [0.15, 0.2) is 0 Å². The highest BCUT2D eigenvalue weighted by atomic mass is 32.2. The van der Waals surface area contributed by atoms with Gasteiger partial charge in [-0.2, -0.15) is 0 Å². The average Bonchev–Trinajstić information content (AvgIpc) is 2.26. The van der Waals surface area contributed by atoms with Gasteiger partial charge >= 0.3 is 5.97 Å². The molecule has 2 atom stereocenters. The van der Waals surface area contributed by atoms with Crippen LogP contribution in [0.5, 0.6) is 0 Å². The number of unbranched alkanes of at least 4 members (excludes halogenated alkanes) is 1. The number of alkyl halides is 1. The van der Waals surface area contributed by atoms with E-state index in [1.165, 1.54) is 11.8 Å². The summed E-state index contributed by atoms with van der Waals surface area (Å²) in [5, 5.41) is 8.63. The number of carbonyl (C=O) groups is 1. The molecule has 0 saturated heterocycles. The van der Waals surface area contributed by atoms with Crippen LogP contribution in [0.4, 0.5) is 4.39 Å². The van der Waals surface area contributed by atoms with E-state index in [4.69, 9.17) is 5.11 Å². The first kappa shape index (κ1) is 15.8. The molecule has 4 heteroatoms. The number of rotatable bonds is 10. The number of hydrogen-bond donors (Lipinski definition) is 1. The van der Waals surface area contributed by atoms with E-state index in [9.17, 15) is 9.18 Å². The van der Waals surface area contributed by atoms with Gasteiger partial charge in [-0.25, -0.2) is 4.39 Å². The lowest BCUT2D eigenvalue weighted by Gasteiger charge is -2.10. The van der Waals surface area contributed by atoms with Crippen molar-refractivity contribution in [1.82, 2.24) is 0 Å². The summed E-state index contributed by atoms with van der Waals surface area (Å²) < 4.78 is 12.9. The summed E-state index contributed by atoms with van der Waals surface area (Å²) in [5.41, 5.74) is 0. The SMILES string of the molecule is CCCC(SCCCCC(F)CC)C(=O)O. The Labute approximate surface area is 102 Å². The first-order valence-corrected chi connectivity index (χ1v) is 7.15. The van der Waals surface area contributed by atoms with Crippen molar-refractivity contribution in [3.63, 3.8) is 0 Å². The molecule has 2 unspecified atom stereocenters. The fourth-order valence-corrected chi connectivity index (χ4v) is 2.64. The van der Waals surface area contributed by atoms with Crippen LogP contribution in [0.3, 0.4) is 0 Å².